The molecule has 1 aromatic carbocycles. The second-order valence-corrected chi connectivity index (χ2v) is 6.34. The number of hydrogen-bond acceptors (Lipinski definition) is 5. The quantitative estimate of drug-likeness (QED) is 0.743. The Kier molecular flexibility index (Phi) is 4.37. The van der Waals surface area contributed by atoms with E-state index < -0.39 is 5.69 Å². The lowest BCUT2D eigenvalue weighted by molar-refractivity contribution is 0.262. The summed E-state index contributed by atoms with van der Waals surface area (Å²) in [5.41, 5.74) is 1.93. The molecule has 1 aliphatic heterocycles. The molecule has 7 heteroatoms. The van der Waals surface area contributed by atoms with Gasteiger partial charge in [-0.3, -0.25) is 24.2 Å². The van der Waals surface area contributed by atoms with Gasteiger partial charge in [0.1, 0.15) is 5.82 Å². The van der Waals surface area contributed by atoms with Gasteiger partial charge in [0.05, 0.1) is 18.8 Å². The van der Waals surface area contributed by atoms with Gasteiger partial charge in [-0.05, 0) is 17.2 Å². The van der Waals surface area contributed by atoms with Crippen LogP contribution in [0.1, 0.15) is 16.7 Å². The van der Waals surface area contributed by atoms with E-state index >= 15 is 0 Å². The van der Waals surface area contributed by atoms with E-state index in [1.54, 1.807) is 10.8 Å². The summed E-state index contributed by atoms with van der Waals surface area (Å²) in [5.74, 6) is 0.602. The third-order valence-electron chi connectivity index (χ3n) is 4.46. The monoisotopic (exact) mass is 349 g/mol. The maximum absolute atomic E-state index is 12.3. The molecule has 4 rings (SSSR count). The minimum atomic E-state index is -0.397. The fraction of sp³-hybridized carbons (Fsp3) is 0.211. The van der Waals surface area contributed by atoms with Crippen LogP contribution in [-0.4, -0.2) is 26.1 Å². The minimum absolute atomic E-state index is 0.335. The van der Waals surface area contributed by atoms with Crippen LogP contribution in [0.3, 0.4) is 0 Å². The predicted molar refractivity (Wildman–Crippen MR) is 98.8 cm³/mol. The van der Waals surface area contributed by atoms with Gasteiger partial charge in [0, 0.05) is 25.5 Å². The second-order valence-electron chi connectivity index (χ2n) is 6.34. The van der Waals surface area contributed by atoms with Crippen LogP contribution in [0.4, 0.5) is 5.82 Å². The van der Waals surface area contributed by atoms with Gasteiger partial charge in [0.2, 0.25) is 0 Å². The highest BCUT2D eigenvalue weighted by Gasteiger charge is 2.22. The number of H-pyrrole nitrogens is 1. The summed E-state index contributed by atoms with van der Waals surface area (Å²) in [7, 11) is 0. The van der Waals surface area contributed by atoms with Crippen molar-refractivity contribution in [1.29, 1.82) is 0 Å². The molecule has 0 unspecified atom stereocenters. The molecule has 26 heavy (non-hydrogen) atoms. The average molecular weight is 349 g/mol. The zero-order valence-electron chi connectivity index (χ0n) is 14.2. The Labute approximate surface area is 150 Å². The molecule has 1 aliphatic rings. The van der Waals surface area contributed by atoms with Crippen LogP contribution in [0, 0.1) is 0 Å². The van der Waals surface area contributed by atoms with E-state index in [1.165, 1.54) is 0 Å². The number of benzene rings is 1. The molecule has 3 aromatic rings. The summed E-state index contributed by atoms with van der Waals surface area (Å²) in [4.78, 5) is 33.3. The van der Waals surface area contributed by atoms with E-state index in [2.05, 4.69) is 20.2 Å². The molecule has 7 nitrogen and oxygen atoms in total. The molecule has 0 aliphatic carbocycles. The normalized spacial score (nSPS) is 13.8. The molecular weight excluding hydrogens is 330 g/mol. The number of nitrogens with zero attached hydrogens (tertiary/aromatic N) is 3. The molecule has 2 aromatic heterocycles. The molecule has 3 heterocycles. The van der Waals surface area contributed by atoms with E-state index in [1.807, 2.05) is 48.7 Å². The highest BCUT2D eigenvalue weighted by atomic mass is 16.2. The van der Waals surface area contributed by atoms with E-state index in [0.29, 0.717) is 37.7 Å². The molecule has 0 fully saturated rings. The fourth-order valence-corrected chi connectivity index (χ4v) is 3.21. The standard InChI is InChI=1S/C19H19N5O2/c25-18-16-12-23(10-15-7-4-8-20-9-15)13-21-17(16)24(19(26)22-18)11-14-5-2-1-3-6-14/h1-9,21H,10-13H2,(H,22,25,26). The summed E-state index contributed by atoms with van der Waals surface area (Å²) >= 11 is 0. The lowest BCUT2D eigenvalue weighted by atomic mass is 10.2. The molecule has 2 N–H and O–H groups in total. The van der Waals surface area contributed by atoms with Gasteiger partial charge in [0.15, 0.2) is 0 Å². The van der Waals surface area contributed by atoms with Gasteiger partial charge >= 0.3 is 5.69 Å². The Hall–Kier alpha value is -3.19. The number of nitrogens with one attached hydrogen (secondary N) is 2. The molecule has 0 bridgehead atoms. The smallest absolute Gasteiger partial charge is 0.330 e. The lowest BCUT2D eigenvalue weighted by Gasteiger charge is -2.30. The van der Waals surface area contributed by atoms with Crippen molar-refractivity contribution >= 4 is 5.82 Å². The first kappa shape index (κ1) is 16.3. The molecule has 0 radical (unpaired) electrons. The number of hydrogen-bond donors (Lipinski definition) is 2. The third kappa shape index (κ3) is 3.29. The van der Waals surface area contributed by atoms with Gasteiger partial charge < -0.3 is 5.32 Å². The van der Waals surface area contributed by atoms with Crippen LogP contribution < -0.4 is 16.6 Å². The van der Waals surface area contributed by atoms with Gasteiger partial charge in [-0.15, -0.1) is 0 Å². The Morgan fingerprint density at radius 2 is 1.81 bits per heavy atom. The van der Waals surface area contributed by atoms with Crippen LogP contribution >= 0.6 is 0 Å². The second kappa shape index (κ2) is 6.97. The molecule has 0 amide bonds. The van der Waals surface area contributed by atoms with Crippen molar-refractivity contribution in [3.63, 3.8) is 0 Å². The molecule has 132 valence electrons. The number of anilines is 1. The first-order valence-corrected chi connectivity index (χ1v) is 8.46. The van der Waals surface area contributed by atoms with Crippen molar-refractivity contribution in [3.05, 3.63) is 92.4 Å². The minimum Gasteiger partial charge on any atom is -0.358 e. The van der Waals surface area contributed by atoms with E-state index in [0.717, 1.165) is 11.1 Å². The number of pyridine rings is 1. The Morgan fingerprint density at radius 1 is 1.00 bits per heavy atom. The number of rotatable bonds is 4. The molecular formula is C19H19N5O2. The first-order valence-electron chi connectivity index (χ1n) is 8.46. The average Bonchev–Trinajstić information content (AvgIpc) is 2.67. The summed E-state index contributed by atoms with van der Waals surface area (Å²) in [6.07, 6.45) is 3.55. The van der Waals surface area contributed by atoms with Crippen LogP contribution in [0.2, 0.25) is 0 Å². The highest BCUT2D eigenvalue weighted by Crippen LogP contribution is 2.19. The zero-order chi connectivity index (χ0) is 17.9. The summed E-state index contributed by atoms with van der Waals surface area (Å²) in [6, 6.07) is 13.6. The lowest BCUT2D eigenvalue weighted by Crippen LogP contribution is -2.43. The number of aromatic nitrogens is 3. The highest BCUT2D eigenvalue weighted by molar-refractivity contribution is 5.46. The summed E-state index contributed by atoms with van der Waals surface area (Å²) in [5, 5.41) is 3.25. The van der Waals surface area contributed by atoms with Crippen molar-refractivity contribution < 1.29 is 0 Å². The Bertz CT molecular complexity index is 1010. The largest absolute Gasteiger partial charge is 0.358 e. The predicted octanol–water partition coefficient (Wildman–Crippen LogP) is 1.37. The van der Waals surface area contributed by atoms with Crippen LogP contribution in [0.25, 0.3) is 0 Å². The molecule has 0 saturated heterocycles. The zero-order valence-corrected chi connectivity index (χ0v) is 14.2. The summed E-state index contributed by atoms with van der Waals surface area (Å²) < 4.78 is 1.59. The Morgan fingerprint density at radius 3 is 2.58 bits per heavy atom. The topological polar surface area (TPSA) is 83.0 Å². The third-order valence-corrected chi connectivity index (χ3v) is 4.46. The van der Waals surface area contributed by atoms with Gasteiger partial charge in [-0.25, -0.2) is 4.79 Å². The first-order chi connectivity index (χ1) is 12.7. The SMILES string of the molecule is O=c1[nH]c(=O)n(Cc2ccccc2)c2c1CN(Cc1cccnc1)CN2. The van der Waals surface area contributed by atoms with Crippen molar-refractivity contribution in [3.8, 4) is 0 Å². The number of aromatic amines is 1. The molecule has 0 saturated carbocycles. The number of fused-ring (bicyclic) bond motifs is 1. The van der Waals surface area contributed by atoms with Crippen molar-refractivity contribution in [2.75, 3.05) is 12.0 Å². The van der Waals surface area contributed by atoms with Crippen molar-refractivity contribution in [1.82, 2.24) is 19.4 Å². The Balaban J connectivity index is 1.64. The van der Waals surface area contributed by atoms with E-state index in [9.17, 15) is 9.59 Å². The maximum Gasteiger partial charge on any atom is 0.330 e. The molecule has 0 atom stereocenters. The van der Waals surface area contributed by atoms with Crippen molar-refractivity contribution in [2.24, 2.45) is 0 Å². The van der Waals surface area contributed by atoms with Gasteiger partial charge in [0.25, 0.3) is 5.56 Å². The van der Waals surface area contributed by atoms with Crippen LogP contribution in [-0.2, 0) is 19.6 Å². The van der Waals surface area contributed by atoms with Crippen molar-refractivity contribution in [2.45, 2.75) is 19.6 Å². The fourth-order valence-electron chi connectivity index (χ4n) is 3.21. The van der Waals surface area contributed by atoms with Gasteiger partial charge in [-0.2, -0.15) is 0 Å². The molecule has 0 spiro atoms. The van der Waals surface area contributed by atoms with E-state index in [-0.39, 0.29) is 5.56 Å². The van der Waals surface area contributed by atoms with Crippen LogP contribution in [0.15, 0.2) is 64.4 Å². The van der Waals surface area contributed by atoms with Crippen LogP contribution in [0.5, 0.6) is 0 Å². The van der Waals surface area contributed by atoms with E-state index in [4.69, 9.17) is 0 Å². The summed E-state index contributed by atoms with van der Waals surface area (Å²) in [6.45, 7) is 2.12. The van der Waals surface area contributed by atoms with Gasteiger partial charge in [-0.1, -0.05) is 36.4 Å². The maximum atomic E-state index is 12.3.